The van der Waals surface area contributed by atoms with E-state index in [2.05, 4.69) is 17.2 Å². The number of carbonyl (C=O) groups is 1. The van der Waals surface area contributed by atoms with Crippen LogP contribution in [0.4, 0.5) is 5.69 Å². The third kappa shape index (κ3) is 3.65. The molecule has 0 fully saturated rings. The highest BCUT2D eigenvalue weighted by atomic mass is 16.1. The minimum absolute atomic E-state index is 0.0913. The highest BCUT2D eigenvalue weighted by Crippen LogP contribution is 2.17. The predicted molar refractivity (Wildman–Crippen MR) is 77.2 cm³/mol. The Balaban J connectivity index is 2.12. The largest absolute Gasteiger partial charge is 0.320 e. The fourth-order valence-electron chi connectivity index (χ4n) is 1.91. The van der Waals surface area contributed by atoms with Crippen LogP contribution in [-0.2, 0) is 6.42 Å². The van der Waals surface area contributed by atoms with Crippen LogP contribution in [0.5, 0.6) is 0 Å². The number of anilines is 1. The molecule has 0 saturated heterocycles. The molecule has 0 saturated carbocycles. The van der Waals surface area contributed by atoms with E-state index in [0.29, 0.717) is 5.56 Å². The predicted octanol–water partition coefficient (Wildman–Crippen LogP) is 3.68. The highest BCUT2D eigenvalue weighted by molar-refractivity contribution is 6.04. The van der Waals surface area contributed by atoms with Gasteiger partial charge in [-0.3, -0.25) is 9.78 Å². The number of benzene rings is 1. The van der Waals surface area contributed by atoms with E-state index in [4.69, 9.17) is 0 Å². The molecular weight excluding hydrogens is 236 g/mol. The van der Waals surface area contributed by atoms with Crippen LogP contribution < -0.4 is 5.32 Å². The summed E-state index contributed by atoms with van der Waals surface area (Å²) < 4.78 is 0. The van der Waals surface area contributed by atoms with Crippen molar-refractivity contribution in [3.63, 3.8) is 0 Å². The van der Waals surface area contributed by atoms with E-state index >= 15 is 0 Å². The second kappa shape index (κ2) is 6.69. The Morgan fingerprint density at radius 1 is 1.21 bits per heavy atom. The molecule has 2 rings (SSSR count). The van der Waals surface area contributed by atoms with E-state index in [9.17, 15) is 4.79 Å². The molecule has 0 aliphatic rings. The van der Waals surface area contributed by atoms with Gasteiger partial charge < -0.3 is 5.32 Å². The van der Waals surface area contributed by atoms with E-state index in [-0.39, 0.29) is 5.91 Å². The van der Waals surface area contributed by atoms with Gasteiger partial charge in [-0.2, -0.15) is 0 Å². The Hall–Kier alpha value is -2.16. The summed E-state index contributed by atoms with van der Waals surface area (Å²) in [5, 5.41) is 2.93. The van der Waals surface area contributed by atoms with Gasteiger partial charge >= 0.3 is 0 Å². The summed E-state index contributed by atoms with van der Waals surface area (Å²) in [5.74, 6) is -0.0913. The number of aryl methyl sites for hydroxylation is 1. The second-order valence-electron chi connectivity index (χ2n) is 4.46. The Bertz CT molecular complexity index is 537. The molecule has 3 nitrogen and oxygen atoms in total. The number of rotatable bonds is 5. The lowest BCUT2D eigenvalue weighted by Gasteiger charge is -2.10. The topological polar surface area (TPSA) is 42.0 Å². The minimum Gasteiger partial charge on any atom is -0.320 e. The number of unbranched alkanes of at least 4 members (excludes halogenated alkanes) is 1. The number of carbonyl (C=O) groups excluding carboxylic acids is 1. The van der Waals surface area contributed by atoms with Gasteiger partial charge in [0.25, 0.3) is 5.91 Å². The van der Waals surface area contributed by atoms with E-state index in [0.717, 1.165) is 30.5 Å². The maximum absolute atomic E-state index is 12.1. The Labute approximate surface area is 113 Å². The molecule has 0 bridgehead atoms. The molecule has 0 unspecified atom stereocenters. The molecule has 1 N–H and O–H groups in total. The first-order valence-corrected chi connectivity index (χ1v) is 6.60. The molecule has 98 valence electrons. The molecule has 0 spiro atoms. The molecule has 3 heteroatoms. The summed E-state index contributed by atoms with van der Waals surface area (Å²) in [6.45, 7) is 2.16. The van der Waals surface area contributed by atoms with Gasteiger partial charge in [0.1, 0.15) is 0 Å². The van der Waals surface area contributed by atoms with Crippen molar-refractivity contribution in [3.8, 4) is 0 Å². The van der Waals surface area contributed by atoms with Crippen molar-refractivity contribution >= 4 is 11.6 Å². The fourth-order valence-corrected chi connectivity index (χ4v) is 1.91. The number of nitrogens with one attached hydrogen (secondary N) is 1. The molecule has 0 radical (unpaired) electrons. The zero-order valence-electron chi connectivity index (χ0n) is 11.1. The molecule has 0 aliphatic heterocycles. The van der Waals surface area contributed by atoms with Crippen LogP contribution in [0.25, 0.3) is 0 Å². The average molecular weight is 254 g/mol. The van der Waals surface area contributed by atoms with Crippen LogP contribution >= 0.6 is 0 Å². The van der Waals surface area contributed by atoms with Crippen LogP contribution in [0.3, 0.4) is 0 Å². The number of pyridine rings is 1. The van der Waals surface area contributed by atoms with Crippen molar-refractivity contribution in [2.75, 3.05) is 5.32 Å². The second-order valence-corrected chi connectivity index (χ2v) is 4.46. The van der Waals surface area contributed by atoms with E-state index in [1.54, 1.807) is 24.5 Å². The van der Waals surface area contributed by atoms with Crippen LogP contribution in [0, 0.1) is 0 Å². The maximum atomic E-state index is 12.1. The third-order valence-corrected chi connectivity index (χ3v) is 3.00. The Morgan fingerprint density at radius 3 is 2.74 bits per heavy atom. The Kier molecular flexibility index (Phi) is 4.67. The van der Waals surface area contributed by atoms with Crippen LogP contribution in [0.15, 0.2) is 48.8 Å². The minimum atomic E-state index is -0.0913. The molecular formula is C16H18N2O. The zero-order valence-corrected chi connectivity index (χ0v) is 11.1. The number of aromatic nitrogens is 1. The van der Waals surface area contributed by atoms with Crippen molar-refractivity contribution < 1.29 is 4.79 Å². The molecule has 19 heavy (non-hydrogen) atoms. The molecule has 1 amide bonds. The van der Waals surface area contributed by atoms with Gasteiger partial charge in [-0.25, -0.2) is 0 Å². The monoisotopic (exact) mass is 254 g/mol. The number of hydrogen-bond acceptors (Lipinski definition) is 2. The van der Waals surface area contributed by atoms with Crippen LogP contribution in [-0.4, -0.2) is 10.9 Å². The van der Waals surface area contributed by atoms with Gasteiger partial charge in [-0.1, -0.05) is 31.5 Å². The summed E-state index contributed by atoms with van der Waals surface area (Å²) in [6.07, 6.45) is 6.69. The van der Waals surface area contributed by atoms with Gasteiger partial charge in [0.15, 0.2) is 0 Å². The Morgan fingerprint density at radius 2 is 2.00 bits per heavy atom. The highest BCUT2D eigenvalue weighted by Gasteiger charge is 2.08. The number of amides is 1. The van der Waals surface area contributed by atoms with Crippen molar-refractivity contribution in [1.82, 2.24) is 4.98 Å². The van der Waals surface area contributed by atoms with Crippen molar-refractivity contribution in [2.24, 2.45) is 0 Å². The third-order valence-electron chi connectivity index (χ3n) is 3.00. The lowest BCUT2D eigenvalue weighted by molar-refractivity contribution is 0.102. The number of nitrogens with zero attached hydrogens (tertiary/aromatic N) is 1. The summed E-state index contributed by atoms with van der Waals surface area (Å²) in [4.78, 5) is 16.2. The molecule has 1 aromatic carbocycles. The summed E-state index contributed by atoms with van der Waals surface area (Å²) in [6, 6.07) is 11.2. The van der Waals surface area contributed by atoms with Gasteiger partial charge in [-0.15, -0.1) is 0 Å². The van der Waals surface area contributed by atoms with E-state index in [1.165, 1.54) is 0 Å². The zero-order chi connectivity index (χ0) is 13.5. The molecule has 2 aromatic rings. The van der Waals surface area contributed by atoms with Gasteiger partial charge in [0, 0.05) is 11.8 Å². The van der Waals surface area contributed by atoms with Crippen LogP contribution in [0.2, 0.25) is 0 Å². The summed E-state index contributed by atoms with van der Waals surface area (Å²) in [7, 11) is 0. The van der Waals surface area contributed by atoms with Crippen molar-refractivity contribution in [1.29, 1.82) is 0 Å². The molecule has 0 aliphatic carbocycles. The summed E-state index contributed by atoms with van der Waals surface area (Å²) >= 11 is 0. The first kappa shape index (κ1) is 13.3. The normalized spacial score (nSPS) is 10.2. The first-order valence-electron chi connectivity index (χ1n) is 6.60. The smallest absolute Gasteiger partial charge is 0.255 e. The van der Waals surface area contributed by atoms with Gasteiger partial charge in [-0.05, 0) is 36.6 Å². The average Bonchev–Trinajstić information content (AvgIpc) is 2.47. The quantitative estimate of drug-likeness (QED) is 0.884. The number of hydrogen-bond donors (Lipinski definition) is 1. The van der Waals surface area contributed by atoms with Crippen molar-refractivity contribution in [3.05, 3.63) is 59.9 Å². The SMILES string of the molecule is CCCCc1ccncc1NC(=O)c1ccccc1. The van der Waals surface area contributed by atoms with Gasteiger partial charge in [0.2, 0.25) is 0 Å². The van der Waals surface area contributed by atoms with Gasteiger partial charge in [0.05, 0.1) is 11.9 Å². The van der Waals surface area contributed by atoms with Crippen LogP contribution in [0.1, 0.15) is 35.7 Å². The van der Waals surface area contributed by atoms with Crippen molar-refractivity contribution in [2.45, 2.75) is 26.2 Å². The standard InChI is InChI=1S/C16H18N2O/c1-2-3-7-13-10-11-17-12-15(13)18-16(19)14-8-5-4-6-9-14/h4-6,8-12H,2-3,7H2,1H3,(H,18,19). The molecule has 0 atom stereocenters. The lowest BCUT2D eigenvalue weighted by Crippen LogP contribution is -2.13. The first-order chi connectivity index (χ1) is 9.31. The summed E-state index contributed by atoms with van der Waals surface area (Å²) in [5.41, 5.74) is 2.61. The fraction of sp³-hybridized carbons (Fsp3) is 0.250. The van der Waals surface area contributed by atoms with E-state index in [1.807, 2.05) is 24.3 Å². The lowest BCUT2D eigenvalue weighted by atomic mass is 10.1. The molecule has 1 aromatic heterocycles. The maximum Gasteiger partial charge on any atom is 0.255 e. The van der Waals surface area contributed by atoms with E-state index < -0.39 is 0 Å². The molecule has 1 heterocycles.